The Kier molecular flexibility index (Phi) is 8.79. The lowest BCUT2D eigenvalue weighted by molar-refractivity contribution is -0.151. The molecule has 4 N–H and O–H groups in total. The monoisotopic (exact) mass is 527 g/mol. The Bertz CT molecular complexity index is 1000. The summed E-state index contributed by atoms with van der Waals surface area (Å²) in [5, 5.41) is 13.0. The zero-order valence-electron chi connectivity index (χ0n) is 20.8. The summed E-state index contributed by atoms with van der Waals surface area (Å²) in [6, 6.07) is 7.65. The van der Waals surface area contributed by atoms with Gasteiger partial charge in [0.1, 0.15) is 18.0 Å². The molecule has 2 fully saturated rings. The Morgan fingerprint density at radius 1 is 1.31 bits per heavy atom. The van der Waals surface area contributed by atoms with Gasteiger partial charge in [0, 0.05) is 13.0 Å². The van der Waals surface area contributed by atoms with Crippen molar-refractivity contribution in [3.05, 3.63) is 30.3 Å². The normalized spacial score (nSPS) is 29.0. The van der Waals surface area contributed by atoms with Crippen molar-refractivity contribution in [2.24, 2.45) is 11.7 Å². The summed E-state index contributed by atoms with van der Waals surface area (Å²) >= 11 is 0. The number of amides is 3. The van der Waals surface area contributed by atoms with Gasteiger partial charge in [0.05, 0.1) is 30.3 Å². The van der Waals surface area contributed by atoms with Crippen molar-refractivity contribution < 1.29 is 42.6 Å². The maximum absolute atomic E-state index is 13.7. The molecule has 2 heterocycles. The minimum atomic E-state index is -3.96. The second-order valence-electron chi connectivity index (χ2n) is 9.51. The summed E-state index contributed by atoms with van der Waals surface area (Å²) in [6.45, 7) is 6.15. The first-order valence-corrected chi connectivity index (χ1v) is 13.5. The van der Waals surface area contributed by atoms with Crippen molar-refractivity contribution >= 4 is 25.5 Å². The van der Waals surface area contributed by atoms with E-state index in [9.17, 15) is 24.1 Å². The maximum Gasteiger partial charge on any atom is 0.380 e. The molecule has 1 unspecified atom stereocenters. The van der Waals surface area contributed by atoms with Crippen LogP contribution < -0.4 is 15.6 Å². The molecule has 0 saturated carbocycles. The van der Waals surface area contributed by atoms with Gasteiger partial charge in [0.2, 0.25) is 5.91 Å². The average molecular weight is 528 g/mol. The van der Waals surface area contributed by atoms with Gasteiger partial charge in [-0.15, -0.1) is 0 Å². The number of rotatable bonds is 10. The number of urea groups is 1. The summed E-state index contributed by atoms with van der Waals surface area (Å²) in [7, 11) is -3.96. The topological polar surface area (TPSA) is 167 Å². The Labute approximate surface area is 209 Å². The molecule has 0 spiro atoms. The minimum absolute atomic E-state index is 0.0590. The van der Waals surface area contributed by atoms with Gasteiger partial charge in [-0.05, 0) is 32.9 Å². The van der Waals surface area contributed by atoms with Gasteiger partial charge in [0.25, 0.3) is 0 Å². The van der Waals surface area contributed by atoms with Crippen molar-refractivity contribution in [1.82, 2.24) is 10.2 Å². The summed E-state index contributed by atoms with van der Waals surface area (Å²) in [6.07, 6.45) is -4.01. The number of para-hydroxylation sites is 1. The van der Waals surface area contributed by atoms with E-state index in [1.54, 1.807) is 51.1 Å². The van der Waals surface area contributed by atoms with Crippen molar-refractivity contribution in [3.63, 3.8) is 0 Å². The number of aliphatic hydroxyl groups excluding tert-OH is 1. The number of carbonyl (C=O) groups is 3. The van der Waals surface area contributed by atoms with Crippen LogP contribution in [0.1, 0.15) is 34.1 Å². The molecule has 0 radical (unpaired) electrons. The maximum atomic E-state index is 13.7. The largest absolute Gasteiger partial charge is 0.463 e. The van der Waals surface area contributed by atoms with Crippen LogP contribution in [0.25, 0.3) is 0 Å². The summed E-state index contributed by atoms with van der Waals surface area (Å²) < 4.78 is 36.2. The van der Waals surface area contributed by atoms with E-state index in [1.165, 1.54) is 11.8 Å². The number of benzene rings is 1. The van der Waals surface area contributed by atoms with Crippen LogP contribution in [0.3, 0.4) is 0 Å². The lowest BCUT2D eigenvalue weighted by Crippen LogP contribution is -2.64. The Morgan fingerprint density at radius 3 is 2.58 bits per heavy atom. The molecule has 2 aliphatic heterocycles. The molecular weight excluding hydrogens is 493 g/mol. The summed E-state index contributed by atoms with van der Waals surface area (Å²) in [5.74, 6) is -1.51. The van der Waals surface area contributed by atoms with Crippen molar-refractivity contribution in [2.45, 2.75) is 64.2 Å². The highest BCUT2D eigenvalue weighted by molar-refractivity contribution is 7.54. The van der Waals surface area contributed by atoms with E-state index in [0.717, 1.165) is 0 Å². The van der Waals surface area contributed by atoms with Crippen LogP contribution in [-0.2, 0) is 28.2 Å². The average Bonchev–Trinajstić information content (AvgIpc) is 3.01. The van der Waals surface area contributed by atoms with Crippen LogP contribution in [0.5, 0.6) is 5.75 Å². The predicted octanol–water partition coefficient (Wildman–Crippen LogP) is 1.61. The van der Waals surface area contributed by atoms with E-state index in [2.05, 4.69) is 5.32 Å². The van der Waals surface area contributed by atoms with Gasteiger partial charge in [-0.1, -0.05) is 25.1 Å². The van der Waals surface area contributed by atoms with Gasteiger partial charge < -0.3 is 24.8 Å². The Balaban J connectivity index is 1.74. The molecule has 0 aliphatic carbocycles. The van der Waals surface area contributed by atoms with Gasteiger partial charge in [-0.2, -0.15) is 0 Å². The third kappa shape index (κ3) is 6.63. The predicted molar refractivity (Wildman–Crippen MR) is 128 cm³/mol. The number of carbonyl (C=O) groups excluding carboxylic acids is 3. The third-order valence-corrected chi connectivity index (χ3v) is 7.90. The fourth-order valence-corrected chi connectivity index (χ4v) is 5.85. The fourth-order valence-electron chi connectivity index (χ4n) is 3.98. The number of hydrogen-bond acceptors (Lipinski definition) is 10. The van der Waals surface area contributed by atoms with E-state index in [-0.39, 0.29) is 31.0 Å². The standard InChI is InChI=1S/C23H34N3O9P/c1-14(2)33-20(29)15(3)13-36(31,35-16-8-6-5-7-9-16)32-12-17-19(28)23(4,24)21(34-17)26-11-10-18(27)25-22(26)30/h5-9,14-15,17,19,21,28H,10-13,24H2,1-4H3,(H,25,27,30)/t15-,17+,19+,21+,23+,36?/m0/s1. The number of hydrogen-bond donors (Lipinski definition) is 3. The van der Waals surface area contributed by atoms with E-state index in [1.807, 2.05) is 0 Å². The lowest BCUT2D eigenvalue weighted by Gasteiger charge is -2.38. The Morgan fingerprint density at radius 2 is 1.97 bits per heavy atom. The van der Waals surface area contributed by atoms with E-state index < -0.39 is 62.0 Å². The fraction of sp³-hybridized carbons (Fsp3) is 0.609. The molecule has 3 amide bonds. The number of ether oxygens (including phenoxy) is 2. The first-order chi connectivity index (χ1) is 16.8. The number of aliphatic hydroxyl groups is 1. The van der Waals surface area contributed by atoms with Crippen LogP contribution in [-0.4, -0.2) is 77.3 Å². The van der Waals surface area contributed by atoms with Crippen LogP contribution in [0.4, 0.5) is 4.79 Å². The number of nitrogens with two attached hydrogens (primary N) is 1. The van der Waals surface area contributed by atoms with Gasteiger partial charge in [-0.25, -0.2) is 9.36 Å². The molecule has 200 valence electrons. The number of nitrogens with zero attached hydrogens (tertiary/aromatic N) is 1. The minimum Gasteiger partial charge on any atom is -0.463 e. The number of nitrogens with one attached hydrogen (secondary N) is 1. The highest BCUT2D eigenvalue weighted by Gasteiger charge is 2.55. The molecule has 0 bridgehead atoms. The third-order valence-electron chi connectivity index (χ3n) is 5.87. The van der Waals surface area contributed by atoms with Gasteiger partial charge in [0.15, 0.2) is 6.23 Å². The molecule has 1 aromatic carbocycles. The Hall–Kier alpha value is -2.50. The van der Waals surface area contributed by atoms with Crippen LogP contribution in [0.2, 0.25) is 0 Å². The molecule has 3 rings (SSSR count). The first kappa shape index (κ1) is 28.1. The molecule has 1 aromatic rings. The van der Waals surface area contributed by atoms with E-state index in [4.69, 9.17) is 24.3 Å². The second-order valence-corrected chi connectivity index (χ2v) is 11.5. The highest BCUT2D eigenvalue weighted by atomic mass is 31.2. The van der Waals surface area contributed by atoms with Crippen molar-refractivity contribution in [3.8, 4) is 5.75 Å². The summed E-state index contributed by atoms with van der Waals surface area (Å²) in [4.78, 5) is 37.4. The first-order valence-electron chi connectivity index (χ1n) is 11.7. The van der Waals surface area contributed by atoms with Crippen LogP contribution in [0, 0.1) is 5.92 Å². The number of esters is 1. The molecule has 2 aliphatic rings. The van der Waals surface area contributed by atoms with Crippen molar-refractivity contribution in [1.29, 1.82) is 0 Å². The molecule has 2 saturated heterocycles. The van der Waals surface area contributed by atoms with Gasteiger partial charge in [-0.3, -0.25) is 24.3 Å². The van der Waals surface area contributed by atoms with Crippen LogP contribution in [0.15, 0.2) is 30.3 Å². The smallest absolute Gasteiger partial charge is 0.380 e. The molecule has 6 atom stereocenters. The zero-order chi connectivity index (χ0) is 26.7. The zero-order valence-corrected chi connectivity index (χ0v) is 21.7. The quantitative estimate of drug-likeness (QED) is 0.300. The molecule has 13 heteroatoms. The second kappa shape index (κ2) is 11.3. The van der Waals surface area contributed by atoms with Gasteiger partial charge >= 0.3 is 19.6 Å². The highest BCUT2D eigenvalue weighted by Crippen LogP contribution is 2.50. The molecule has 36 heavy (non-hydrogen) atoms. The van der Waals surface area contributed by atoms with E-state index >= 15 is 0 Å². The van der Waals surface area contributed by atoms with Crippen molar-refractivity contribution in [2.75, 3.05) is 19.3 Å². The molecule has 12 nitrogen and oxygen atoms in total. The van der Waals surface area contributed by atoms with E-state index in [0.29, 0.717) is 0 Å². The SMILES string of the molecule is CC(C)OC(=O)[C@@H](C)CP(=O)(OC[C@H]1O[C@@H](N2CCC(=O)NC2=O)[C@](C)(N)[C@@H]1O)Oc1ccccc1. The summed E-state index contributed by atoms with van der Waals surface area (Å²) in [5.41, 5.74) is 4.90. The number of imide groups is 1. The van der Waals surface area contributed by atoms with Crippen LogP contribution >= 0.6 is 7.60 Å². The lowest BCUT2D eigenvalue weighted by atomic mass is 9.93. The molecular formula is C23H34N3O9P. The molecule has 0 aromatic heterocycles.